The quantitative estimate of drug-likeness (QED) is 0.857. The van der Waals surface area contributed by atoms with Crippen molar-refractivity contribution in [2.24, 2.45) is 0 Å². The van der Waals surface area contributed by atoms with Gasteiger partial charge in [0.1, 0.15) is 0 Å². The van der Waals surface area contributed by atoms with Gasteiger partial charge in [0, 0.05) is 5.69 Å². The number of carbonyl (C=O) groups excluding carboxylic acids is 1. The molecule has 0 heterocycles. The monoisotopic (exact) mass is 338 g/mol. The Bertz CT molecular complexity index is 730. The molecule has 2 N–H and O–H groups in total. The second kappa shape index (κ2) is 7.25. The molecule has 0 spiro atoms. The van der Waals surface area contributed by atoms with Crippen molar-refractivity contribution >= 4 is 17.3 Å². The average molecular weight is 338 g/mol. The maximum Gasteiger partial charge on any atom is 0.573 e. The molecule has 24 heavy (non-hydrogen) atoms. The normalized spacial score (nSPS) is 11.0. The van der Waals surface area contributed by atoms with Gasteiger partial charge in [0.15, 0.2) is 5.75 Å². The van der Waals surface area contributed by atoms with Crippen molar-refractivity contribution in [3.8, 4) is 5.75 Å². The van der Waals surface area contributed by atoms with Crippen molar-refractivity contribution in [2.75, 3.05) is 17.2 Å². The number of alkyl halides is 3. The van der Waals surface area contributed by atoms with Crippen molar-refractivity contribution < 1.29 is 22.7 Å². The zero-order valence-corrected chi connectivity index (χ0v) is 13.2. The first-order valence-electron chi connectivity index (χ1n) is 7.20. The van der Waals surface area contributed by atoms with E-state index in [1.165, 1.54) is 18.2 Å². The molecule has 0 unspecified atom stereocenters. The summed E-state index contributed by atoms with van der Waals surface area (Å²) in [5.74, 6) is -0.760. The molecule has 0 saturated heterocycles. The Balaban J connectivity index is 1.98. The molecule has 2 rings (SSSR count). The Hall–Kier alpha value is -2.70. The molecule has 0 aliphatic carbocycles. The fourth-order valence-corrected chi connectivity index (χ4v) is 2.03. The van der Waals surface area contributed by atoms with Crippen LogP contribution in [0.4, 0.5) is 24.5 Å². The maximum atomic E-state index is 12.3. The third-order valence-corrected chi connectivity index (χ3v) is 3.34. The van der Waals surface area contributed by atoms with Crippen LogP contribution >= 0.6 is 0 Å². The van der Waals surface area contributed by atoms with Crippen molar-refractivity contribution in [3.63, 3.8) is 0 Å². The Morgan fingerprint density at radius 2 is 1.79 bits per heavy atom. The SMILES string of the molecule is Cc1ccc(NC(=O)CNc2ccccc2OC(F)(F)F)cc1C. The van der Waals surface area contributed by atoms with Crippen LogP contribution in [-0.4, -0.2) is 18.8 Å². The molecule has 0 bridgehead atoms. The van der Waals surface area contributed by atoms with Crippen LogP contribution in [0.15, 0.2) is 42.5 Å². The first kappa shape index (κ1) is 17.7. The van der Waals surface area contributed by atoms with Gasteiger partial charge >= 0.3 is 6.36 Å². The Labute approximate surface area is 137 Å². The van der Waals surface area contributed by atoms with Crippen LogP contribution in [0.25, 0.3) is 0 Å². The molecule has 2 aromatic rings. The van der Waals surface area contributed by atoms with Gasteiger partial charge < -0.3 is 15.4 Å². The van der Waals surface area contributed by atoms with E-state index in [1.54, 1.807) is 12.1 Å². The number of aryl methyl sites for hydroxylation is 2. The summed E-state index contributed by atoms with van der Waals surface area (Å²) < 4.78 is 41.0. The highest BCUT2D eigenvalue weighted by molar-refractivity contribution is 5.94. The molecule has 7 heteroatoms. The van der Waals surface area contributed by atoms with Gasteiger partial charge in [0.05, 0.1) is 12.2 Å². The predicted octanol–water partition coefficient (Wildman–Crippen LogP) is 4.25. The summed E-state index contributed by atoms with van der Waals surface area (Å²) in [6.07, 6.45) is -4.79. The summed E-state index contributed by atoms with van der Waals surface area (Å²) in [5, 5.41) is 5.33. The summed E-state index contributed by atoms with van der Waals surface area (Å²) in [6.45, 7) is 3.69. The molecule has 128 valence electrons. The number of nitrogens with one attached hydrogen (secondary N) is 2. The summed E-state index contributed by atoms with van der Waals surface area (Å²) >= 11 is 0. The summed E-state index contributed by atoms with van der Waals surface area (Å²) in [5.41, 5.74) is 2.85. The Morgan fingerprint density at radius 3 is 2.46 bits per heavy atom. The van der Waals surface area contributed by atoms with Crippen LogP contribution in [-0.2, 0) is 4.79 Å². The van der Waals surface area contributed by atoms with E-state index in [1.807, 2.05) is 26.0 Å². The molecule has 0 aliphatic heterocycles. The van der Waals surface area contributed by atoms with Gasteiger partial charge in [-0.1, -0.05) is 18.2 Å². The molecule has 0 saturated carbocycles. The lowest BCUT2D eigenvalue weighted by Crippen LogP contribution is -2.23. The first-order chi connectivity index (χ1) is 11.2. The second-order valence-electron chi connectivity index (χ2n) is 5.24. The van der Waals surface area contributed by atoms with Crippen LogP contribution in [0, 0.1) is 13.8 Å². The van der Waals surface area contributed by atoms with Crippen LogP contribution in [0.3, 0.4) is 0 Å². The number of ether oxygens (including phenoxy) is 1. The maximum absolute atomic E-state index is 12.3. The van der Waals surface area contributed by atoms with Crippen LogP contribution < -0.4 is 15.4 Å². The molecule has 4 nitrogen and oxygen atoms in total. The van der Waals surface area contributed by atoms with Crippen molar-refractivity contribution in [1.29, 1.82) is 0 Å². The van der Waals surface area contributed by atoms with Crippen molar-refractivity contribution in [1.82, 2.24) is 0 Å². The minimum Gasteiger partial charge on any atom is -0.404 e. The molecular formula is C17H17F3N2O2. The van der Waals surface area contributed by atoms with E-state index in [-0.39, 0.29) is 23.9 Å². The van der Waals surface area contributed by atoms with Crippen LogP contribution in [0.2, 0.25) is 0 Å². The summed E-state index contributed by atoms with van der Waals surface area (Å²) in [6, 6.07) is 11.0. The average Bonchev–Trinajstić information content (AvgIpc) is 2.48. The number of hydrogen-bond donors (Lipinski definition) is 2. The predicted molar refractivity (Wildman–Crippen MR) is 86.2 cm³/mol. The molecule has 0 fully saturated rings. The van der Waals surface area contributed by atoms with Crippen molar-refractivity contribution in [2.45, 2.75) is 20.2 Å². The van der Waals surface area contributed by atoms with E-state index in [9.17, 15) is 18.0 Å². The van der Waals surface area contributed by atoms with Crippen LogP contribution in [0.5, 0.6) is 5.75 Å². The molecule has 0 radical (unpaired) electrons. The standard InChI is InChI=1S/C17H17F3N2O2/c1-11-7-8-13(9-12(11)2)22-16(23)10-21-14-5-3-4-6-15(14)24-17(18,19)20/h3-9,21H,10H2,1-2H3,(H,22,23). The number of amides is 1. The zero-order valence-electron chi connectivity index (χ0n) is 13.2. The minimum atomic E-state index is -4.79. The number of benzene rings is 2. The van der Waals surface area contributed by atoms with Gasteiger partial charge in [-0.15, -0.1) is 13.2 Å². The molecule has 2 aromatic carbocycles. The van der Waals surface area contributed by atoms with Gasteiger partial charge in [-0.25, -0.2) is 0 Å². The summed E-state index contributed by atoms with van der Waals surface area (Å²) in [7, 11) is 0. The van der Waals surface area contributed by atoms with Gasteiger partial charge in [-0.05, 0) is 49.2 Å². The zero-order chi connectivity index (χ0) is 17.7. The third-order valence-electron chi connectivity index (χ3n) is 3.34. The Kier molecular flexibility index (Phi) is 5.33. The largest absolute Gasteiger partial charge is 0.573 e. The minimum absolute atomic E-state index is 0.0880. The van der Waals surface area contributed by atoms with Gasteiger partial charge in [0.2, 0.25) is 5.91 Å². The fraction of sp³-hybridized carbons (Fsp3) is 0.235. The second-order valence-corrected chi connectivity index (χ2v) is 5.24. The number of hydrogen-bond acceptors (Lipinski definition) is 3. The lowest BCUT2D eigenvalue weighted by atomic mass is 10.1. The number of rotatable bonds is 5. The molecule has 0 atom stereocenters. The van der Waals surface area contributed by atoms with E-state index < -0.39 is 6.36 Å². The molecule has 0 aromatic heterocycles. The first-order valence-corrected chi connectivity index (χ1v) is 7.20. The highest BCUT2D eigenvalue weighted by atomic mass is 19.4. The third kappa shape index (κ3) is 5.19. The van der Waals surface area contributed by atoms with E-state index in [0.717, 1.165) is 11.1 Å². The smallest absolute Gasteiger partial charge is 0.404 e. The van der Waals surface area contributed by atoms with Crippen LogP contribution in [0.1, 0.15) is 11.1 Å². The Morgan fingerprint density at radius 1 is 1.08 bits per heavy atom. The van der Waals surface area contributed by atoms with E-state index in [0.29, 0.717) is 5.69 Å². The fourth-order valence-electron chi connectivity index (χ4n) is 2.03. The molecular weight excluding hydrogens is 321 g/mol. The summed E-state index contributed by atoms with van der Waals surface area (Å²) in [4.78, 5) is 11.9. The van der Waals surface area contributed by atoms with Gasteiger partial charge in [-0.3, -0.25) is 4.79 Å². The number of anilines is 2. The number of para-hydroxylation sites is 2. The van der Waals surface area contributed by atoms with Crippen molar-refractivity contribution in [3.05, 3.63) is 53.6 Å². The van der Waals surface area contributed by atoms with E-state index in [2.05, 4.69) is 15.4 Å². The molecule has 1 amide bonds. The number of halogens is 3. The number of carbonyl (C=O) groups is 1. The lowest BCUT2D eigenvalue weighted by Gasteiger charge is -2.14. The topological polar surface area (TPSA) is 50.4 Å². The molecule has 0 aliphatic rings. The highest BCUT2D eigenvalue weighted by Gasteiger charge is 2.32. The van der Waals surface area contributed by atoms with Gasteiger partial charge in [-0.2, -0.15) is 0 Å². The van der Waals surface area contributed by atoms with Gasteiger partial charge in [0.25, 0.3) is 0 Å². The lowest BCUT2D eigenvalue weighted by molar-refractivity contribution is -0.274. The van der Waals surface area contributed by atoms with E-state index >= 15 is 0 Å². The van der Waals surface area contributed by atoms with E-state index in [4.69, 9.17) is 0 Å². The highest BCUT2D eigenvalue weighted by Crippen LogP contribution is 2.29.